The highest BCUT2D eigenvalue weighted by Gasteiger charge is 2.06. The van der Waals surface area contributed by atoms with Gasteiger partial charge < -0.3 is 9.84 Å². The van der Waals surface area contributed by atoms with Crippen LogP contribution in [0.15, 0.2) is 24.5 Å². The van der Waals surface area contributed by atoms with E-state index < -0.39 is 5.97 Å². The van der Waals surface area contributed by atoms with E-state index >= 15 is 0 Å². The van der Waals surface area contributed by atoms with E-state index in [2.05, 4.69) is 4.98 Å². The van der Waals surface area contributed by atoms with Crippen molar-refractivity contribution in [1.29, 1.82) is 0 Å². The molecule has 1 rings (SSSR count). The topological polar surface area (TPSA) is 59.4 Å². The number of pyridine rings is 1. The van der Waals surface area contributed by atoms with Crippen molar-refractivity contribution in [3.8, 4) is 0 Å². The number of ether oxygens (including phenoxy) is 1. The fourth-order valence-electron chi connectivity index (χ4n) is 0.927. The predicted octanol–water partition coefficient (Wildman–Crippen LogP) is 1.24. The Kier molecular flexibility index (Phi) is 3.40. The second-order valence-electron chi connectivity index (χ2n) is 2.63. The van der Waals surface area contributed by atoms with Gasteiger partial charge >= 0.3 is 5.97 Å². The van der Waals surface area contributed by atoms with E-state index in [-0.39, 0.29) is 12.7 Å². The number of nitrogens with zero attached hydrogens (tertiary/aromatic N) is 1. The van der Waals surface area contributed by atoms with E-state index in [9.17, 15) is 4.79 Å². The van der Waals surface area contributed by atoms with Crippen LogP contribution < -0.4 is 0 Å². The number of carbonyl (C=O) groups is 1. The summed E-state index contributed by atoms with van der Waals surface area (Å²) in [5.74, 6) is -0.957. The average molecular weight is 181 g/mol. The maximum absolute atomic E-state index is 10.2. The minimum atomic E-state index is -0.957. The Hall–Kier alpha value is -1.42. The first-order valence-corrected chi connectivity index (χ1v) is 3.93. The van der Waals surface area contributed by atoms with Gasteiger partial charge in [-0.2, -0.15) is 0 Å². The maximum atomic E-state index is 10.2. The highest BCUT2D eigenvalue weighted by atomic mass is 16.5. The zero-order valence-electron chi connectivity index (χ0n) is 7.30. The van der Waals surface area contributed by atoms with E-state index in [1.807, 2.05) is 0 Å². The molecule has 4 heteroatoms. The van der Waals surface area contributed by atoms with Gasteiger partial charge in [-0.25, -0.2) is 4.79 Å². The van der Waals surface area contributed by atoms with Crippen molar-refractivity contribution in [1.82, 2.24) is 4.98 Å². The monoisotopic (exact) mass is 181 g/mol. The van der Waals surface area contributed by atoms with Gasteiger partial charge in [0.05, 0.1) is 6.10 Å². The molecule has 1 unspecified atom stereocenters. The molecule has 1 heterocycles. The van der Waals surface area contributed by atoms with Gasteiger partial charge in [0.1, 0.15) is 6.61 Å². The first-order valence-electron chi connectivity index (χ1n) is 3.93. The van der Waals surface area contributed by atoms with Gasteiger partial charge in [0.15, 0.2) is 0 Å². The van der Waals surface area contributed by atoms with Crippen LogP contribution in [0.3, 0.4) is 0 Å². The van der Waals surface area contributed by atoms with Crippen LogP contribution in [0.1, 0.15) is 18.6 Å². The Bertz CT molecular complexity index is 273. The molecule has 4 nitrogen and oxygen atoms in total. The summed E-state index contributed by atoms with van der Waals surface area (Å²) >= 11 is 0. The second-order valence-corrected chi connectivity index (χ2v) is 2.63. The Morgan fingerprint density at radius 2 is 2.23 bits per heavy atom. The average Bonchev–Trinajstić information content (AvgIpc) is 2.15. The maximum Gasteiger partial charge on any atom is 0.329 e. The summed E-state index contributed by atoms with van der Waals surface area (Å²) < 4.78 is 5.06. The lowest BCUT2D eigenvalue weighted by molar-refractivity contribution is -0.144. The Morgan fingerprint density at radius 3 is 2.77 bits per heavy atom. The van der Waals surface area contributed by atoms with Gasteiger partial charge in [-0.05, 0) is 24.6 Å². The molecule has 1 atom stereocenters. The molecule has 13 heavy (non-hydrogen) atoms. The largest absolute Gasteiger partial charge is 0.480 e. The van der Waals surface area contributed by atoms with Gasteiger partial charge in [-0.15, -0.1) is 0 Å². The molecule has 0 aliphatic heterocycles. The lowest BCUT2D eigenvalue weighted by atomic mass is 10.2. The second kappa shape index (κ2) is 4.57. The van der Waals surface area contributed by atoms with Gasteiger partial charge in [-0.3, -0.25) is 4.98 Å². The standard InChI is InChI=1S/C9H11NO3/c1-7(13-6-9(11)12)8-2-4-10-5-3-8/h2-5,7H,6H2,1H3,(H,11,12). The van der Waals surface area contributed by atoms with Crippen LogP contribution in [0.25, 0.3) is 0 Å². The SMILES string of the molecule is CC(OCC(=O)O)c1ccncc1. The number of carboxylic acid groups (broad SMARTS) is 1. The summed E-state index contributed by atoms with van der Waals surface area (Å²) in [7, 11) is 0. The molecule has 70 valence electrons. The first-order chi connectivity index (χ1) is 6.20. The van der Waals surface area contributed by atoms with Gasteiger partial charge in [0.2, 0.25) is 0 Å². The fraction of sp³-hybridized carbons (Fsp3) is 0.333. The molecule has 0 bridgehead atoms. The van der Waals surface area contributed by atoms with Gasteiger partial charge in [0, 0.05) is 12.4 Å². The predicted molar refractivity (Wildman–Crippen MR) is 46.2 cm³/mol. The van der Waals surface area contributed by atoms with Crippen LogP contribution in [-0.2, 0) is 9.53 Å². The van der Waals surface area contributed by atoms with Crippen LogP contribution in [0.2, 0.25) is 0 Å². The third-order valence-electron chi connectivity index (χ3n) is 1.63. The molecular weight excluding hydrogens is 170 g/mol. The summed E-state index contributed by atoms with van der Waals surface area (Å²) in [6.45, 7) is 1.53. The molecule has 1 N–H and O–H groups in total. The number of carboxylic acids is 1. The third-order valence-corrected chi connectivity index (χ3v) is 1.63. The molecule has 1 aromatic rings. The molecule has 0 aliphatic carbocycles. The lowest BCUT2D eigenvalue weighted by Gasteiger charge is -2.10. The summed E-state index contributed by atoms with van der Waals surface area (Å²) in [5.41, 5.74) is 0.927. The molecule has 0 radical (unpaired) electrons. The molecule has 0 fully saturated rings. The molecular formula is C9H11NO3. The number of rotatable bonds is 4. The smallest absolute Gasteiger partial charge is 0.329 e. The van der Waals surface area contributed by atoms with E-state index in [1.54, 1.807) is 31.5 Å². The Balaban J connectivity index is 2.49. The zero-order valence-corrected chi connectivity index (χ0v) is 7.30. The first kappa shape index (κ1) is 9.67. The van der Waals surface area contributed by atoms with Crippen LogP contribution in [0.5, 0.6) is 0 Å². The number of aromatic nitrogens is 1. The van der Waals surface area contributed by atoms with Crippen LogP contribution in [0, 0.1) is 0 Å². The number of hydrogen-bond donors (Lipinski definition) is 1. The summed E-state index contributed by atoms with van der Waals surface area (Å²) in [6, 6.07) is 3.60. The van der Waals surface area contributed by atoms with Gasteiger partial charge in [0.25, 0.3) is 0 Å². The molecule has 0 spiro atoms. The highest BCUT2D eigenvalue weighted by Crippen LogP contribution is 2.14. The molecule has 0 amide bonds. The van der Waals surface area contributed by atoms with Crippen molar-refractivity contribution in [3.63, 3.8) is 0 Å². The molecule has 0 aliphatic rings. The summed E-state index contributed by atoms with van der Waals surface area (Å²) in [5, 5.41) is 8.37. The van der Waals surface area contributed by atoms with Crippen molar-refractivity contribution >= 4 is 5.97 Å². The van der Waals surface area contributed by atoms with Crippen LogP contribution >= 0.6 is 0 Å². The van der Waals surface area contributed by atoms with Crippen LogP contribution in [-0.4, -0.2) is 22.7 Å². The van der Waals surface area contributed by atoms with Crippen molar-refractivity contribution in [2.24, 2.45) is 0 Å². The fourth-order valence-corrected chi connectivity index (χ4v) is 0.927. The Morgan fingerprint density at radius 1 is 1.62 bits per heavy atom. The van der Waals surface area contributed by atoms with E-state index in [0.717, 1.165) is 5.56 Å². The van der Waals surface area contributed by atoms with Gasteiger partial charge in [-0.1, -0.05) is 0 Å². The molecule has 0 saturated heterocycles. The number of hydrogen-bond acceptors (Lipinski definition) is 3. The van der Waals surface area contributed by atoms with E-state index in [1.165, 1.54) is 0 Å². The van der Waals surface area contributed by atoms with E-state index in [4.69, 9.17) is 9.84 Å². The van der Waals surface area contributed by atoms with Crippen molar-refractivity contribution in [2.75, 3.05) is 6.61 Å². The summed E-state index contributed by atoms with van der Waals surface area (Å²) in [4.78, 5) is 14.0. The van der Waals surface area contributed by atoms with Crippen molar-refractivity contribution in [2.45, 2.75) is 13.0 Å². The molecule has 1 aromatic heterocycles. The quantitative estimate of drug-likeness (QED) is 0.759. The lowest BCUT2D eigenvalue weighted by Crippen LogP contribution is -2.09. The summed E-state index contributed by atoms with van der Waals surface area (Å²) in [6.07, 6.45) is 3.09. The molecule has 0 aromatic carbocycles. The molecule has 0 saturated carbocycles. The number of aliphatic carboxylic acids is 1. The minimum Gasteiger partial charge on any atom is -0.480 e. The van der Waals surface area contributed by atoms with Crippen molar-refractivity contribution < 1.29 is 14.6 Å². The zero-order chi connectivity index (χ0) is 9.68. The third kappa shape index (κ3) is 3.21. The van der Waals surface area contributed by atoms with E-state index in [0.29, 0.717) is 0 Å². The van der Waals surface area contributed by atoms with Crippen molar-refractivity contribution in [3.05, 3.63) is 30.1 Å². The highest BCUT2D eigenvalue weighted by molar-refractivity contribution is 5.68. The normalized spacial score (nSPS) is 12.4. The van der Waals surface area contributed by atoms with Crippen LogP contribution in [0.4, 0.5) is 0 Å². The minimum absolute atomic E-state index is 0.209. The Labute approximate surface area is 76.2 Å².